The van der Waals surface area contributed by atoms with Gasteiger partial charge in [0.15, 0.2) is 6.04 Å². The molecule has 0 aromatic heterocycles. The minimum absolute atomic E-state index is 0.415. The van der Waals surface area contributed by atoms with E-state index in [1.165, 1.54) is 7.11 Å². The molecule has 0 radical (unpaired) electrons. The maximum absolute atomic E-state index is 11.9. The van der Waals surface area contributed by atoms with Crippen molar-refractivity contribution in [2.45, 2.75) is 13.0 Å². The van der Waals surface area contributed by atoms with Crippen LogP contribution < -0.4 is 5.32 Å². The number of carbonyl (C=O) groups is 2. The zero-order chi connectivity index (χ0) is 13.7. The molecule has 0 fully saturated rings. The Balaban J connectivity index is 2.81. The normalized spacial score (nSPS) is 11.8. The fourth-order valence-electron chi connectivity index (χ4n) is 1.35. The Morgan fingerprint density at radius 2 is 2.17 bits per heavy atom. The van der Waals surface area contributed by atoms with Crippen molar-refractivity contribution in [2.75, 3.05) is 13.7 Å². The van der Waals surface area contributed by atoms with E-state index in [9.17, 15) is 9.59 Å². The third-order valence-corrected chi connectivity index (χ3v) is 3.28. The molecule has 0 saturated carbocycles. The van der Waals surface area contributed by atoms with Gasteiger partial charge in [-0.25, -0.2) is 4.79 Å². The van der Waals surface area contributed by atoms with Crippen molar-refractivity contribution < 1.29 is 19.4 Å². The molecular weight excluding hydrogens is 302 g/mol. The highest BCUT2D eigenvalue weighted by atomic mass is 79.9. The van der Waals surface area contributed by atoms with E-state index < -0.39 is 24.5 Å². The van der Waals surface area contributed by atoms with E-state index in [1.807, 2.05) is 6.92 Å². The molecule has 0 aliphatic heterocycles. The molecule has 1 rings (SSSR count). The number of aryl methyl sites for hydroxylation is 1. The van der Waals surface area contributed by atoms with Crippen LogP contribution in [-0.2, 0) is 9.53 Å². The summed E-state index contributed by atoms with van der Waals surface area (Å²) in [6, 6.07) is 4.01. The molecule has 0 spiro atoms. The molecule has 1 amide bonds. The molecule has 0 unspecified atom stereocenters. The number of aliphatic hydroxyl groups is 1. The lowest BCUT2D eigenvalue weighted by atomic mass is 10.1. The Bertz CT molecular complexity index is 461. The number of benzene rings is 1. The standard InChI is InChI=1S/C12H14BrNO4/c1-7-5-8(3-4-9(7)13)11(16)14-10(6-15)12(17)18-2/h3-5,10,15H,6H2,1-2H3,(H,14,16)/t10-/m0/s1. The molecule has 0 heterocycles. The first kappa shape index (κ1) is 14.7. The number of hydrogen-bond donors (Lipinski definition) is 2. The van der Waals surface area contributed by atoms with Crippen molar-refractivity contribution in [3.8, 4) is 0 Å². The molecule has 0 aliphatic carbocycles. The molecule has 0 saturated heterocycles. The highest BCUT2D eigenvalue weighted by molar-refractivity contribution is 9.10. The molecule has 98 valence electrons. The van der Waals surface area contributed by atoms with Crippen molar-refractivity contribution in [1.82, 2.24) is 5.32 Å². The van der Waals surface area contributed by atoms with Crippen molar-refractivity contribution in [3.05, 3.63) is 33.8 Å². The van der Waals surface area contributed by atoms with Gasteiger partial charge in [-0.15, -0.1) is 0 Å². The molecule has 6 heteroatoms. The fraction of sp³-hybridized carbons (Fsp3) is 0.333. The summed E-state index contributed by atoms with van der Waals surface area (Å²) in [5.74, 6) is -1.12. The van der Waals surface area contributed by atoms with Crippen LogP contribution in [0.1, 0.15) is 15.9 Å². The van der Waals surface area contributed by atoms with E-state index in [0.29, 0.717) is 5.56 Å². The highest BCUT2D eigenvalue weighted by Crippen LogP contribution is 2.17. The lowest BCUT2D eigenvalue weighted by molar-refractivity contribution is -0.143. The van der Waals surface area contributed by atoms with Crippen molar-refractivity contribution in [3.63, 3.8) is 0 Å². The lowest BCUT2D eigenvalue weighted by Gasteiger charge is -2.14. The molecule has 18 heavy (non-hydrogen) atoms. The highest BCUT2D eigenvalue weighted by Gasteiger charge is 2.21. The van der Waals surface area contributed by atoms with Crippen molar-refractivity contribution >= 4 is 27.8 Å². The van der Waals surface area contributed by atoms with Gasteiger partial charge >= 0.3 is 5.97 Å². The van der Waals surface area contributed by atoms with Crippen molar-refractivity contribution in [1.29, 1.82) is 0 Å². The fourth-order valence-corrected chi connectivity index (χ4v) is 1.60. The largest absolute Gasteiger partial charge is 0.467 e. The molecule has 5 nitrogen and oxygen atoms in total. The van der Waals surface area contributed by atoms with E-state index in [-0.39, 0.29) is 0 Å². The number of amides is 1. The van der Waals surface area contributed by atoms with E-state index in [0.717, 1.165) is 10.0 Å². The van der Waals surface area contributed by atoms with Crippen LogP contribution in [0.15, 0.2) is 22.7 Å². The number of esters is 1. The van der Waals surface area contributed by atoms with Crippen molar-refractivity contribution in [2.24, 2.45) is 0 Å². The summed E-state index contributed by atoms with van der Waals surface area (Å²) in [6.45, 7) is 1.35. The Morgan fingerprint density at radius 1 is 1.50 bits per heavy atom. The smallest absolute Gasteiger partial charge is 0.330 e. The van der Waals surface area contributed by atoms with Gasteiger partial charge in [-0.2, -0.15) is 0 Å². The van der Waals surface area contributed by atoms with Gasteiger partial charge in [0.25, 0.3) is 5.91 Å². The predicted molar refractivity (Wildman–Crippen MR) is 69.2 cm³/mol. The summed E-state index contributed by atoms with van der Waals surface area (Å²) in [5.41, 5.74) is 1.32. The van der Waals surface area contributed by atoms with Gasteiger partial charge in [-0.05, 0) is 30.7 Å². The number of carbonyl (C=O) groups excluding carboxylic acids is 2. The molecule has 1 aromatic rings. The average Bonchev–Trinajstić information content (AvgIpc) is 2.37. The number of aliphatic hydroxyl groups excluding tert-OH is 1. The first-order chi connectivity index (χ1) is 8.49. The summed E-state index contributed by atoms with van der Waals surface area (Å²) in [4.78, 5) is 23.1. The van der Waals surface area contributed by atoms with Gasteiger partial charge < -0.3 is 15.2 Å². The van der Waals surface area contributed by atoms with Crippen LogP contribution >= 0.6 is 15.9 Å². The number of hydrogen-bond acceptors (Lipinski definition) is 4. The monoisotopic (exact) mass is 315 g/mol. The molecule has 0 aliphatic rings. The number of halogens is 1. The predicted octanol–water partition coefficient (Wildman–Crippen LogP) is 1.02. The first-order valence-electron chi connectivity index (χ1n) is 5.25. The van der Waals surface area contributed by atoms with E-state index >= 15 is 0 Å². The van der Waals surface area contributed by atoms with Crippen LogP contribution in [-0.4, -0.2) is 36.7 Å². The SMILES string of the molecule is COC(=O)[C@H](CO)NC(=O)c1ccc(Br)c(C)c1. The van der Waals surface area contributed by atoms with Crippen LogP contribution in [0.3, 0.4) is 0 Å². The maximum atomic E-state index is 11.9. The topological polar surface area (TPSA) is 75.6 Å². The number of rotatable bonds is 4. The molecule has 1 aromatic carbocycles. The van der Waals surface area contributed by atoms with Crippen LogP contribution in [0, 0.1) is 6.92 Å². The van der Waals surface area contributed by atoms with E-state index in [4.69, 9.17) is 5.11 Å². The second-order valence-electron chi connectivity index (χ2n) is 3.70. The molecule has 1 atom stereocenters. The van der Waals surface area contributed by atoms with Gasteiger partial charge in [0.05, 0.1) is 13.7 Å². The van der Waals surface area contributed by atoms with Crippen LogP contribution in [0.4, 0.5) is 0 Å². The Hall–Kier alpha value is -1.40. The van der Waals surface area contributed by atoms with Gasteiger partial charge in [0, 0.05) is 10.0 Å². The zero-order valence-corrected chi connectivity index (χ0v) is 11.7. The summed E-state index contributed by atoms with van der Waals surface area (Å²) >= 11 is 3.33. The Kier molecular flexibility index (Phi) is 5.30. The van der Waals surface area contributed by atoms with Gasteiger partial charge in [0.2, 0.25) is 0 Å². The van der Waals surface area contributed by atoms with Gasteiger partial charge in [-0.3, -0.25) is 4.79 Å². The Morgan fingerprint density at radius 3 is 2.67 bits per heavy atom. The zero-order valence-electron chi connectivity index (χ0n) is 10.1. The van der Waals surface area contributed by atoms with Crippen LogP contribution in [0.5, 0.6) is 0 Å². The van der Waals surface area contributed by atoms with Gasteiger partial charge in [0.1, 0.15) is 0 Å². The average molecular weight is 316 g/mol. The third-order valence-electron chi connectivity index (χ3n) is 2.39. The summed E-state index contributed by atoms with van der Waals surface area (Å²) < 4.78 is 5.36. The first-order valence-corrected chi connectivity index (χ1v) is 6.04. The summed E-state index contributed by atoms with van der Waals surface area (Å²) in [5, 5.41) is 11.4. The quantitative estimate of drug-likeness (QED) is 0.813. The van der Waals surface area contributed by atoms with E-state index in [2.05, 4.69) is 26.0 Å². The molecule has 0 bridgehead atoms. The lowest BCUT2D eigenvalue weighted by Crippen LogP contribution is -2.44. The summed E-state index contributed by atoms with van der Waals surface area (Å²) in [6.07, 6.45) is 0. The third kappa shape index (κ3) is 3.54. The number of methoxy groups -OCH3 is 1. The van der Waals surface area contributed by atoms with Crippen LogP contribution in [0.2, 0.25) is 0 Å². The van der Waals surface area contributed by atoms with Gasteiger partial charge in [-0.1, -0.05) is 15.9 Å². The number of nitrogens with one attached hydrogen (secondary N) is 1. The van der Waals surface area contributed by atoms with E-state index in [1.54, 1.807) is 18.2 Å². The second kappa shape index (κ2) is 6.51. The molecule has 2 N–H and O–H groups in total. The second-order valence-corrected chi connectivity index (χ2v) is 4.55. The maximum Gasteiger partial charge on any atom is 0.330 e. The number of ether oxygens (including phenoxy) is 1. The summed E-state index contributed by atoms with van der Waals surface area (Å²) in [7, 11) is 1.20. The Labute approximate surface area is 113 Å². The minimum Gasteiger partial charge on any atom is -0.467 e. The van der Waals surface area contributed by atoms with Crippen LogP contribution in [0.25, 0.3) is 0 Å². The minimum atomic E-state index is -1.05. The molecular formula is C12H14BrNO4.